The summed E-state index contributed by atoms with van der Waals surface area (Å²) in [5.74, 6) is 0.828. The first kappa shape index (κ1) is 10.4. The standard InChI is InChI=1S/C11H22N2O/c1-9(12-11-7-14-8-11)10-4-3-5-13(2)6-10/h9-12H,3-8H2,1-2H3. The maximum Gasteiger partial charge on any atom is 0.0643 e. The Kier molecular flexibility index (Phi) is 3.42. The number of ether oxygens (including phenoxy) is 1. The quantitative estimate of drug-likeness (QED) is 0.722. The second-order valence-corrected chi connectivity index (χ2v) is 4.85. The van der Waals surface area contributed by atoms with Crippen LogP contribution in [0.5, 0.6) is 0 Å². The molecule has 2 aliphatic rings. The van der Waals surface area contributed by atoms with Crippen LogP contribution < -0.4 is 5.32 Å². The number of likely N-dealkylation sites (tertiary alicyclic amines) is 1. The summed E-state index contributed by atoms with van der Waals surface area (Å²) in [6, 6.07) is 1.27. The van der Waals surface area contributed by atoms with Gasteiger partial charge in [-0.05, 0) is 39.3 Å². The second-order valence-electron chi connectivity index (χ2n) is 4.85. The van der Waals surface area contributed by atoms with Gasteiger partial charge in [0.05, 0.1) is 19.3 Å². The summed E-state index contributed by atoms with van der Waals surface area (Å²) in [5, 5.41) is 3.65. The van der Waals surface area contributed by atoms with Crippen LogP contribution in [0.25, 0.3) is 0 Å². The Hall–Kier alpha value is -0.120. The summed E-state index contributed by atoms with van der Waals surface area (Å²) in [4.78, 5) is 2.45. The number of hydrogen-bond acceptors (Lipinski definition) is 3. The molecule has 2 aliphatic heterocycles. The largest absolute Gasteiger partial charge is 0.378 e. The minimum absolute atomic E-state index is 0.622. The van der Waals surface area contributed by atoms with Gasteiger partial charge < -0.3 is 15.0 Å². The van der Waals surface area contributed by atoms with Crippen LogP contribution in [0.4, 0.5) is 0 Å². The van der Waals surface area contributed by atoms with Crippen molar-refractivity contribution in [1.82, 2.24) is 10.2 Å². The van der Waals surface area contributed by atoms with Crippen LogP contribution in [0.2, 0.25) is 0 Å². The number of piperidine rings is 1. The first-order valence-corrected chi connectivity index (χ1v) is 5.78. The van der Waals surface area contributed by atoms with E-state index < -0.39 is 0 Å². The van der Waals surface area contributed by atoms with Crippen LogP contribution in [0.1, 0.15) is 19.8 Å². The van der Waals surface area contributed by atoms with E-state index in [-0.39, 0.29) is 0 Å². The summed E-state index contributed by atoms with van der Waals surface area (Å²) in [6.07, 6.45) is 2.74. The van der Waals surface area contributed by atoms with E-state index in [0.717, 1.165) is 19.1 Å². The first-order chi connectivity index (χ1) is 6.75. The van der Waals surface area contributed by atoms with Crippen LogP contribution in [0.15, 0.2) is 0 Å². The Labute approximate surface area is 86.8 Å². The highest BCUT2D eigenvalue weighted by atomic mass is 16.5. The monoisotopic (exact) mass is 198 g/mol. The molecular formula is C11H22N2O. The third kappa shape index (κ3) is 2.47. The van der Waals surface area contributed by atoms with Gasteiger partial charge in [0.2, 0.25) is 0 Å². The lowest BCUT2D eigenvalue weighted by Gasteiger charge is -2.37. The van der Waals surface area contributed by atoms with Crippen molar-refractivity contribution in [2.75, 3.05) is 33.4 Å². The predicted octanol–water partition coefficient (Wildman–Crippen LogP) is 0.705. The molecule has 2 heterocycles. The molecule has 3 nitrogen and oxygen atoms in total. The molecule has 2 unspecified atom stereocenters. The van der Waals surface area contributed by atoms with E-state index in [1.807, 2.05) is 0 Å². The summed E-state index contributed by atoms with van der Waals surface area (Å²) >= 11 is 0. The molecule has 0 aliphatic carbocycles. The maximum absolute atomic E-state index is 5.17. The van der Waals surface area contributed by atoms with Crippen molar-refractivity contribution in [3.05, 3.63) is 0 Å². The highest BCUT2D eigenvalue weighted by Crippen LogP contribution is 2.19. The third-order valence-electron chi connectivity index (χ3n) is 3.50. The van der Waals surface area contributed by atoms with Gasteiger partial charge in [-0.3, -0.25) is 0 Å². The molecule has 14 heavy (non-hydrogen) atoms. The molecule has 0 radical (unpaired) electrons. The zero-order chi connectivity index (χ0) is 9.97. The van der Waals surface area contributed by atoms with Crippen molar-refractivity contribution >= 4 is 0 Å². The van der Waals surface area contributed by atoms with Gasteiger partial charge in [-0.15, -0.1) is 0 Å². The molecule has 0 aromatic heterocycles. The fraction of sp³-hybridized carbons (Fsp3) is 1.00. The number of nitrogens with zero attached hydrogens (tertiary/aromatic N) is 1. The van der Waals surface area contributed by atoms with Gasteiger partial charge in [0.25, 0.3) is 0 Å². The van der Waals surface area contributed by atoms with Gasteiger partial charge in [0.1, 0.15) is 0 Å². The lowest BCUT2D eigenvalue weighted by atomic mass is 9.91. The number of rotatable bonds is 3. The minimum atomic E-state index is 0.622. The van der Waals surface area contributed by atoms with E-state index in [2.05, 4.69) is 24.2 Å². The van der Waals surface area contributed by atoms with Crippen molar-refractivity contribution in [1.29, 1.82) is 0 Å². The van der Waals surface area contributed by atoms with Crippen LogP contribution in [-0.2, 0) is 4.74 Å². The van der Waals surface area contributed by atoms with Crippen molar-refractivity contribution < 1.29 is 4.74 Å². The predicted molar refractivity (Wildman–Crippen MR) is 57.4 cm³/mol. The second kappa shape index (κ2) is 4.60. The Balaban J connectivity index is 1.74. The number of hydrogen-bond donors (Lipinski definition) is 1. The van der Waals surface area contributed by atoms with Crippen molar-refractivity contribution in [2.45, 2.75) is 31.8 Å². The molecule has 1 N–H and O–H groups in total. The lowest BCUT2D eigenvalue weighted by Crippen LogP contribution is -2.53. The molecule has 0 spiro atoms. The molecule has 0 aromatic carbocycles. The molecular weight excluding hydrogens is 176 g/mol. The molecule has 0 amide bonds. The summed E-state index contributed by atoms with van der Waals surface area (Å²) < 4.78 is 5.17. The Morgan fingerprint density at radius 2 is 2.21 bits per heavy atom. The Morgan fingerprint density at radius 3 is 2.79 bits per heavy atom. The van der Waals surface area contributed by atoms with E-state index in [9.17, 15) is 0 Å². The van der Waals surface area contributed by atoms with Gasteiger partial charge in [-0.25, -0.2) is 0 Å². The van der Waals surface area contributed by atoms with E-state index >= 15 is 0 Å². The van der Waals surface area contributed by atoms with E-state index in [1.54, 1.807) is 0 Å². The summed E-state index contributed by atoms with van der Waals surface area (Å²) in [6.45, 7) is 6.67. The van der Waals surface area contributed by atoms with Crippen LogP contribution >= 0.6 is 0 Å². The lowest BCUT2D eigenvalue weighted by molar-refractivity contribution is -0.0142. The fourth-order valence-electron chi connectivity index (χ4n) is 2.45. The summed E-state index contributed by atoms with van der Waals surface area (Å²) in [7, 11) is 2.23. The van der Waals surface area contributed by atoms with Crippen molar-refractivity contribution in [3.63, 3.8) is 0 Å². The molecule has 2 fully saturated rings. The van der Waals surface area contributed by atoms with Crippen molar-refractivity contribution in [2.24, 2.45) is 5.92 Å². The molecule has 2 saturated heterocycles. The SMILES string of the molecule is CC(NC1COC1)C1CCCN(C)C1. The normalized spacial score (nSPS) is 32.6. The smallest absolute Gasteiger partial charge is 0.0643 e. The minimum Gasteiger partial charge on any atom is -0.378 e. The van der Waals surface area contributed by atoms with Gasteiger partial charge in [0, 0.05) is 12.6 Å². The van der Waals surface area contributed by atoms with Crippen molar-refractivity contribution in [3.8, 4) is 0 Å². The third-order valence-corrected chi connectivity index (χ3v) is 3.50. The Bertz CT molecular complexity index is 182. The topological polar surface area (TPSA) is 24.5 Å². The first-order valence-electron chi connectivity index (χ1n) is 5.78. The highest BCUT2D eigenvalue weighted by Gasteiger charge is 2.26. The zero-order valence-corrected chi connectivity index (χ0v) is 9.33. The van der Waals surface area contributed by atoms with E-state index in [1.165, 1.54) is 25.9 Å². The molecule has 0 aromatic rings. The van der Waals surface area contributed by atoms with Gasteiger partial charge >= 0.3 is 0 Å². The zero-order valence-electron chi connectivity index (χ0n) is 9.33. The molecule has 2 rings (SSSR count). The average molecular weight is 198 g/mol. The number of nitrogens with one attached hydrogen (secondary N) is 1. The van der Waals surface area contributed by atoms with E-state index in [4.69, 9.17) is 4.74 Å². The highest BCUT2D eigenvalue weighted by molar-refractivity contribution is 4.83. The fourth-order valence-corrected chi connectivity index (χ4v) is 2.45. The van der Waals surface area contributed by atoms with Gasteiger partial charge in [0.15, 0.2) is 0 Å². The molecule has 2 atom stereocenters. The van der Waals surface area contributed by atoms with Crippen LogP contribution in [0, 0.1) is 5.92 Å². The average Bonchev–Trinajstić information content (AvgIpc) is 2.11. The van der Waals surface area contributed by atoms with Crippen LogP contribution in [0.3, 0.4) is 0 Å². The molecule has 3 heteroatoms. The molecule has 0 bridgehead atoms. The Morgan fingerprint density at radius 1 is 1.43 bits per heavy atom. The molecule has 82 valence electrons. The van der Waals surface area contributed by atoms with Crippen LogP contribution in [-0.4, -0.2) is 50.3 Å². The summed E-state index contributed by atoms with van der Waals surface area (Å²) in [5.41, 5.74) is 0. The maximum atomic E-state index is 5.17. The van der Waals surface area contributed by atoms with E-state index in [0.29, 0.717) is 12.1 Å². The molecule has 0 saturated carbocycles. The van der Waals surface area contributed by atoms with Gasteiger partial charge in [-0.2, -0.15) is 0 Å². The van der Waals surface area contributed by atoms with Gasteiger partial charge in [-0.1, -0.05) is 0 Å².